The molecule has 0 spiro atoms. The lowest BCUT2D eigenvalue weighted by Crippen LogP contribution is -2.25. The fraction of sp³-hybridized carbons (Fsp3) is 0.136. The van der Waals surface area contributed by atoms with Gasteiger partial charge in [0.1, 0.15) is 5.82 Å². The van der Waals surface area contributed by atoms with Crippen molar-refractivity contribution in [3.8, 4) is 5.69 Å². The van der Waals surface area contributed by atoms with Gasteiger partial charge in [0.25, 0.3) is 5.56 Å². The number of nitrogens with zero attached hydrogens (tertiary/aromatic N) is 3. The molecule has 0 aliphatic carbocycles. The van der Waals surface area contributed by atoms with Crippen LogP contribution in [0.5, 0.6) is 0 Å². The van der Waals surface area contributed by atoms with Crippen LogP contribution in [0.1, 0.15) is 24.4 Å². The molecule has 0 amide bonds. The zero-order valence-electron chi connectivity index (χ0n) is 15.9. The highest BCUT2D eigenvalue weighted by Crippen LogP contribution is 2.27. The Labute approximate surface area is 178 Å². The predicted molar refractivity (Wildman–Crippen MR) is 118 cm³/mol. The van der Waals surface area contributed by atoms with E-state index >= 15 is 0 Å². The van der Waals surface area contributed by atoms with Gasteiger partial charge in [-0.15, -0.1) is 0 Å². The van der Waals surface area contributed by atoms with Crippen LogP contribution in [0, 0.1) is 6.92 Å². The summed E-state index contributed by atoms with van der Waals surface area (Å²) in [6.07, 6.45) is 0. The molecule has 0 unspecified atom stereocenters. The first kappa shape index (κ1) is 19.4. The van der Waals surface area contributed by atoms with Crippen molar-refractivity contribution in [1.29, 1.82) is 0 Å². The van der Waals surface area contributed by atoms with E-state index in [1.54, 1.807) is 10.6 Å². The monoisotopic (exact) mass is 424 g/mol. The van der Waals surface area contributed by atoms with Gasteiger partial charge in [0.15, 0.2) is 0 Å². The van der Waals surface area contributed by atoms with E-state index in [9.17, 15) is 4.79 Å². The van der Waals surface area contributed by atoms with E-state index in [1.807, 2.05) is 68.4 Å². The van der Waals surface area contributed by atoms with E-state index in [0.717, 1.165) is 22.5 Å². The molecular formula is C22H18Cl2N4O. The van der Waals surface area contributed by atoms with Crippen molar-refractivity contribution < 1.29 is 0 Å². The Morgan fingerprint density at radius 1 is 1.00 bits per heavy atom. The Hall–Kier alpha value is -2.89. The molecule has 29 heavy (non-hydrogen) atoms. The largest absolute Gasteiger partial charge is 0.362 e. The quantitative estimate of drug-likeness (QED) is 0.435. The Morgan fingerprint density at radius 3 is 2.48 bits per heavy atom. The third-order valence-electron chi connectivity index (χ3n) is 4.67. The first-order valence-corrected chi connectivity index (χ1v) is 9.87. The highest BCUT2D eigenvalue weighted by atomic mass is 35.5. The number of aryl methyl sites for hydroxylation is 1. The minimum absolute atomic E-state index is 0.167. The van der Waals surface area contributed by atoms with Gasteiger partial charge in [0, 0.05) is 23.1 Å². The van der Waals surface area contributed by atoms with Gasteiger partial charge in [-0.2, -0.15) is 0 Å². The number of hydrogen-bond acceptors (Lipinski definition) is 4. The molecule has 1 N–H and O–H groups in total. The molecule has 146 valence electrons. The number of anilines is 1. The lowest BCUT2D eigenvalue weighted by molar-refractivity contribution is 0.772. The second-order valence-electron chi connectivity index (χ2n) is 6.78. The summed E-state index contributed by atoms with van der Waals surface area (Å²) in [5.41, 5.74) is 2.13. The highest BCUT2D eigenvalue weighted by Gasteiger charge is 2.18. The van der Waals surface area contributed by atoms with Gasteiger partial charge in [-0.1, -0.05) is 41.9 Å². The van der Waals surface area contributed by atoms with Gasteiger partial charge >= 0.3 is 0 Å². The van der Waals surface area contributed by atoms with E-state index in [-0.39, 0.29) is 16.9 Å². The molecule has 0 aliphatic heterocycles. The second kappa shape index (κ2) is 7.85. The summed E-state index contributed by atoms with van der Waals surface area (Å²) in [6, 6.07) is 18.5. The van der Waals surface area contributed by atoms with Crippen LogP contribution in [0.25, 0.3) is 16.5 Å². The van der Waals surface area contributed by atoms with Crippen LogP contribution < -0.4 is 10.9 Å². The van der Waals surface area contributed by atoms with Crippen LogP contribution in [0.15, 0.2) is 65.5 Å². The predicted octanol–water partition coefficient (Wildman–Crippen LogP) is 5.57. The van der Waals surface area contributed by atoms with Crippen LogP contribution in [-0.2, 0) is 0 Å². The minimum atomic E-state index is -0.239. The molecule has 5 nitrogen and oxygen atoms in total. The van der Waals surface area contributed by atoms with Gasteiger partial charge < -0.3 is 5.32 Å². The number of benzene rings is 2. The summed E-state index contributed by atoms with van der Waals surface area (Å²) in [5, 5.41) is 5.22. The van der Waals surface area contributed by atoms with Gasteiger partial charge in [-0.25, -0.2) is 9.97 Å². The first-order chi connectivity index (χ1) is 13.9. The average Bonchev–Trinajstić information content (AvgIpc) is 2.67. The van der Waals surface area contributed by atoms with Crippen LogP contribution in [0.3, 0.4) is 0 Å². The van der Waals surface area contributed by atoms with Crippen molar-refractivity contribution in [1.82, 2.24) is 14.5 Å². The average molecular weight is 425 g/mol. The number of hydrogen-bond donors (Lipinski definition) is 1. The third-order valence-corrected chi connectivity index (χ3v) is 5.16. The molecule has 1 atom stereocenters. The fourth-order valence-electron chi connectivity index (χ4n) is 3.40. The van der Waals surface area contributed by atoms with Gasteiger partial charge in [0.05, 0.1) is 16.5 Å². The van der Waals surface area contributed by atoms with E-state index in [0.29, 0.717) is 16.2 Å². The smallest absolute Gasteiger partial charge is 0.264 e. The molecule has 2 aromatic heterocycles. The number of halogens is 2. The van der Waals surface area contributed by atoms with Crippen molar-refractivity contribution in [2.24, 2.45) is 0 Å². The summed E-state index contributed by atoms with van der Waals surface area (Å²) < 4.78 is 1.68. The number of aromatic nitrogens is 3. The molecule has 0 saturated carbocycles. The molecule has 0 aliphatic rings. The SMILES string of the molecule is Cc1cc(N[C@@H](C)c2cc3cccc(Cl)c3c(=O)n2-c2ccccc2)nc(Cl)n1. The fourth-order valence-corrected chi connectivity index (χ4v) is 3.89. The van der Waals surface area contributed by atoms with Gasteiger partial charge in [-0.05, 0) is 55.1 Å². The maximum absolute atomic E-state index is 13.4. The lowest BCUT2D eigenvalue weighted by Gasteiger charge is -2.21. The molecule has 2 heterocycles. The van der Waals surface area contributed by atoms with Crippen molar-refractivity contribution in [3.63, 3.8) is 0 Å². The molecule has 7 heteroatoms. The standard InChI is InChI=1S/C22H18Cl2N4O/c1-13-11-19(27-22(24)25-13)26-14(2)18-12-15-7-6-10-17(23)20(15)21(29)28(18)16-8-4-3-5-9-16/h3-12,14H,1-2H3,(H,25,26,27)/t14-/m0/s1. The Kier molecular flexibility index (Phi) is 5.26. The lowest BCUT2D eigenvalue weighted by atomic mass is 10.1. The number of pyridine rings is 1. The Balaban J connectivity index is 1.91. The number of fused-ring (bicyclic) bond motifs is 1. The Morgan fingerprint density at radius 2 is 1.76 bits per heavy atom. The van der Waals surface area contributed by atoms with Crippen LogP contribution in [0.4, 0.5) is 5.82 Å². The molecule has 2 aromatic carbocycles. The topological polar surface area (TPSA) is 59.8 Å². The Bertz CT molecular complexity index is 1230. The van der Waals surface area contributed by atoms with Crippen molar-refractivity contribution in [3.05, 3.63) is 92.7 Å². The third kappa shape index (κ3) is 3.84. The van der Waals surface area contributed by atoms with Crippen molar-refractivity contribution in [2.45, 2.75) is 19.9 Å². The highest BCUT2D eigenvalue weighted by molar-refractivity contribution is 6.35. The van der Waals surface area contributed by atoms with Crippen molar-refractivity contribution in [2.75, 3.05) is 5.32 Å². The van der Waals surface area contributed by atoms with E-state index in [2.05, 4.69) is 15.3 Å². The molecule has 4 aromatic rings. The minimum Gasteiger partial charge on any atom is -0.362 e. The number of para-hydroxylation sites is 1. The van der Waals surface area contributed by atoms with Crippen LogP contribution in [0.2, 0.25) is 10.3 Å². The zero-order chi connectivity index (χ0) is 20.5. The summed E-state index contributed by atoms with van der Waals surface area (Å²) in [5.74, 6) is 0.591. The normalized spacial score (nSPS) is 12.1. The summed E-state index contributed by atoms with van der Waals surface area (Å²) >= 11 is 12.4. The summed E-state index contributed by atoms with van der Waals surface area (Å²) in [4.78, 5) is 21.8. The molecule has 0 fully saturated rings. The zero-order valence-corrected chi connectivity index (χ0v) is 17.4. The molecule has 4 rings (SSSR count). The van der Waals surface area contributed by atoms with Crippen LogP contribution in [-0.4, -0.2) is 14.5 Å². The summed E-state index contributed by atoms with van der Waals surface area (Å²) in [6.45, 7) is 3.82. The first-order valence-electron chi connectivity index (χ1n) is 9.11. The number of nitrogens with one attached hydrogen (secondary N) is 1. The summed E-state index contributed by atoms with van der Waals surface area (Å²) in [7, 11) is 0. The maximum atomic E-state index is 13.4. The van der Waals surface area contributed by atoms with E-state index in [4.69, 9.17) is 23.2 Å². The van der Waals surface area contributed by atoms with E-state index < -0.39 is 0 Å². The second-order valence-corrected chi connectivity index (χ2v) is 7.52. The van der Waals surface area contributed by atoms with Gasteiger partial charge in [-0.3, -0.25) is 9.36 Å². The molecular weight excluding hydrogens is 407 g/mol. The molecule has 0 saturated heterocycles. The maximum Gasteiger partial charge on any atom is 0.264 e. The van der Waals surface area contributed by atoms with Gasteiger partial charge in [0.2, 0.25) is 5.28 Å². The number of rotatable bonds is 4. The molecule has 0 radical (unpaired) electrons. The van der Waals surface area contributed by atoms with E-state index in [1.165, 1.54) is 0 Å². The van der Waals surface area contributed by atoms with Crippen LogP contribution >= 0.6 is 23.2 Å². The molecule has 0 bridgehead atoms. The van der Waals surface area contributed by atoms with Crippen molar-refractivity contribution >= 4 is 39.8 Å².